The highest BCUT2D eigenvalue weighted by molar-refractivity contribution is 7.90. The molecule has 0 N–H and O–H groups in total. The summed E-state index contributed by atoms with van der Waals surface area (Å²) in [5.41, 5.74) is 2.20. The number of methoxy groups -OCH3 is 1. The van der Waals surface area contributed by atoms with E-state index < -0.39 is 33.4 Å². The van der Waals surface area contributed by atoms with Crippen molar-refractivity contribution >= 4 is 32.7 Å². The van der Waals surface area contributed by atoms with Crippen molar-refractivity contribution in [3.05, 3.63) is 83.7 Å². The smallest absolute Gasteiger partial charge is 0.411 e. The molecule has 6 rings (SSSR count). The van der Waals surface area contributed by atoms with Crippen LogP contribution in [0.5, 0.6) is 5.75 Å². The van der Waals surface area contributed by atoms with Gasteiger partial charge < -0.3 is 9.47 Å². The molecule has 2 atom stereocenters. The summed E-state index contributed by atoms with van der Waals surface area (Å²) in [6, 6.07) is 11.4. The van der Waals surface area contributed by atoms with Crippen LogP contribution in [0.2, 0.25) is 0 Å². The number of pyridine rings is 1. The quantitative estimate of drug-likeness (QED) is 0.236. The number of hydrogen-bond acceptors (Lipinski definition) is 6. The standard InChI is InChI=1S/C33H33F2N3O5S/c1-19-6-10-23(11-7-19)44(40,41)38-29(20-14-21-8-9-22(15-20)37(21)32(39)43-33(2,3)4)17-26-24(12-13-36-31(26)38)25-16-27(34)28(35)18-30(25)42-5/h6-7,10-14,16-18,21-22H,8-9,15H2,1-5H3. The average Bonchev–Trinajstić information content (AvgIpc) is 3.49. The van der Waals surface area contributed by atoms with E-state index in [1.54, 1.807) is 41.3 Å². The Bertz CT molecular complexity index is 1930. The molecule has 0 aliphatic carbocycles. The molecule has 2 bridgehead atoms. The Morgan fingerprint density at radius 1 is 1.00 bits per heavy atom. The number of aromatic nitrogens is 2. The fourth-order valence-corrected chi connectivity index (χ4v) is 7.61. The van der Waals surface area contributed by atoms with Gasteiger partial charge in [0.15, 0.2) is 17.3 Å². The molecule has 1 saturated heterocycles. The number of fused-ring (bicyclic) bond motifs is 3. The number of halogens is 2. The molecule has 2 unspecified atom stereocenters. The van der Waals surface area contributed by atoms with Crippen LogP contribution in [-0.2, 0) is 14.8 Å². The SMILES string of the molecule is COc1cc(F)c(F)cc1-c1ccnc2c1cc(C1=CC3CCC(C1)N3C(=O)OC(C)(C)C)n2S(=O)(=O)c1ccc(C)cc1. The molecule has 0 spiro atoms. The molecule has 44 heavy (non-hydrogen) atoms. The summed E-state index contributed by atoms with van der Waals surface area (Å²) in [7, 11) is -2.82. The van der Waals surface area contributed by atoms with Gasteiger partial charge in [0, 0.05) is 29.3 Å². The van der Waals surface area contributed by atoms with Gasteiger partial charge in [-0.05, 0) is 88.4 Å². The largest absolute Gasteiger partial charge is 0.496 e. The topological polar surface area (TPSA) is 90.7 Å². The Labute approximate surface area is 255 Å². The van der Waals surface area contributed by atoms with Gasteiger partial charge in [-0.15, -0.1) is 0 Å². The Balaban J connectivity index is 1.57. The highest BCUT2D eigenvalue weighted by atomic mass is 32.2. The van der Waals surface area contributed by atoms with Gasteiger partial charge in [0.25, 0.3) is 10.0 Å². The Hall–Kier alpha value is -4.25. The van der Waals surface area contributed by atoms with Crippen molar-refractivity contribution in [2.24, 2.45) is 0 Å². The second-order valence-electron chi connectivity index (χ2n) is 12.3. The normalized spacial score (nSPS) is 18.4. The zero-order valence-corrected chi connectivity index (χ0v) is 25.9. The summed E-state index contributed by atoms with van der Waals surface area (Å²) in [4.78, 5) is 19.4. The molecular formula is C33H33F2N3O5S. The van der Waals surface area contributed by atoms with Gasteiger partial charge in [-0.3, -0.25) is 4.90 Å². The monoisotopic (exact) mass is 621 g/mol. The fourth-order valence-electron chi connectivity index (χ4n) is 6.12. The van der Waals surface area contributed by atoms with E-state index in [4.69, 9.17) is 9.47 Å². The van der Waals surface area contributed by atoms with Gasteiger partial charge >= 0.3 is 6.09 Å². The molecule has 11 heteroatoms. The maximum Gasteiger partial charge on any atom is 0.411 e. The highest BCUT2D eigenvalue weighted by Gasteiger charge is 2.43. The lowest BCUT2D eigenvalue weighted by Gasteiger charge is -2.35. The number of carbonyl (C=O) groups excluding carboxylic acids is 1. The zero-order valence-electron chi connectivity index (χ0n) is 25.1. The van der Waals surface area contributed by atoms with Crippen molar-refractivity contribution in [2.45, 2.75) is 69.5 Å². The first kappa shape index (κ1) is 29.8. The van der Waals surface area contributed by atoms with E-state index in [1.807, 2.05) is 33.8 Å². The van der Waals surface area contributed by atoms with E-state index in [2.05, 4.69) is 4.98 Å². The average molecular weight is 622 g/mol. The van der Waals surface area contributed by atoms with Crippen LogP contribution in [-0.4, -0.2) is 53.2 Å². The third-order valence-corrected chi connectivity index (χ3v) is 9.80. The number of hydrogen-bond donors (Lipinski definition) is 0. The Morgan fingerprint density at radius 3 is 2.36 bits per heavy atom. The van der Waals surface area contributed by atoms with Crippen LogP contribution in [0.4, 0.5) is 13.6 Å². The highest BCUT2D eigenvalue weighted by Crippen LogP contribution is 2.43. The van der Waals surface area contributed by atoms with Gasteiger partial charge in [0.2, 0.25) is 0 Å². The molecular weight excluding hydrogens is 588 g/mol. The van der Waals surface area contributed by atoms with Gasteiger partial charge in [-0.1, -0.05) is 23.8 Å². The molecule has 0 radical (unpaired) electrons. The first-order chi connectivity index (χ1) is 20.8. The first-order valence-electron chi connectivity index (χ1n) is 14.4. The van der Waals surface area contributed by atoms with Crippen LogP contribution >= 0.6 is 0 Å². The van der Waals surface area contributed by atoms with Crippen LogP contribution < -0.4 is 4.74 Å². The van der Waals surface area contributed by atoms with E-state index in [0.717, 1.165) is 29.7 Å². The van der Waals surface area contributed by atoms with Gasteiger partial charge in [0.1, 0.15) is 11.4 Å². The molecule has 8 nitrogen and oxygen atoms in total. The predicted molar refractivity (Wildman–Crippen MR) is 163 cm³/mol. The van der Waals surface area contributed by atoms with Crippen molar-refractivity contribution in [3.63, 3.8) is 0 Å². The molecule has 1 amide bonds. The number of nitrogens with zero attached hydrogens (tertiary/aromatic N) is 3. The summed E-state index contributed by atoms with van der Waals surface area (Å²) < 4.78 is 69.6. The summed E-state index contributed by atoms with van der Waals surface area (Å²) in [6.07, 6.45) is 4.83. The number of aryl methyl sites for hydroxylation is 1. The van der Waals surface area contributed by atoms with E-state index >= 15 is 0 Å². The second kappa shape index (κ2) is 10.7. The summed E-state index contributed by atoms with van der Waals surface area (Å²) in [5, 5.41) is 0.422. The van der Waals surface area contributed by atoms with Crippen LogP contribution in [0.3, 0.4) is 0 Å². The predicted octanol–water partition coefficient (Wildman–Crippen LogP) is 7.09. The van der Waals surface area contributed by atoms with Crippen LogP contribution in [0, 0.1) is 18.6 Å². The number of ether oxygens (including phenoxy) is 2. The van der Waals surface area contributed by atoms with Crippen molar-refractivity contribution < 1.29 is 31.5 Å². The summed E-state index contributed by atoms with van der Waals surface area (Å²) >= 11 is 0. The number of rotatable bonds is 5. The lowest BCUT2D eigenvalue weighted by Crippen LogP contribution is -2.45. The molecule has 2 aliphatic heterocycles. The van der Waals surface area contributed by atoms with Gasteiger partial charge in [-0.25, -0.2) is 30.9 Å². The number of benzene rings is 2. The summed E-state index contributed by atoms with van der Waals surface area (Å²) in [5.74, 6) is -2.03. The van der Waals surface area contributed by atoms with Crippen molar-refractivity contribution in [1.29, 1.82) is 0 Å². The minimum absolute atomic E-state index is 0.0780. The zero-order chi connectivity index (χ0) is 31.6. The van der Waals surface area contributed by atoms with Crippen molar-refractivity contribution in [1.82, 2.24) is 13.9 Å². The molecule has 2 aromatic carbocycles. The number of carbonyl (C=O) groups is 1. The molecule has 1 fully saturated rings. The minimum atomic E-state index is -4.17. The lowest BCUT2D eigenvalue weighted by molar-refractivity contribution is 0.0175. The van der Waals surface area contributed by atoms with Crippen LogP contribution in [0.15, 0.2) is 65.7 Å². The van der Waals surface area contributed by atoms with Gasteiger partial charge in [-0.2, -0.15) is 0 Å². The molecule has 4 heterocycles. The van der Waals surface area contributed by atoms with E-state index in [0.29, 0.717) is 29.5 Å². The minimum Gasteiger partial charge on any atom is -0.496 e. The Kier molecular flexibility index (Phi) is 7.27. The van der Waals surface area contributed by atoms with Crippen molar-refractivity contribution in [3.8, 4) is 16.9 Å². The molecule has 0 saturated carbocycles. The maximum absolute atomic E-state index is 14.5. The lowest BCUT2D eigenvalue weighted by atomic mass is 9.98. The maximum atomic E-state index is 14.5. The fraction of sp³-hybridized carbons (Fsp3) is 0.333. The molecule has 2 aromatic heterocycles. The third kappa shape index (κ3) is 5.12. The van der Waals surface area contributed by atoms with E-state index in [9.17, 15) is 22.0 Å². The van der Waals surface area contributed by atoms with Crippen molar-refractivity contribution in [2.75, 3.05) is 7.11 Å². The van der Waals surface area contributed by atoms with E-state index in [1.165, 1.54) is 17.3 Å². The third-order valence-electron chi connectivity index (χ3n) is 8.08. The summed E-state index contributed by atoms with van der Waals surface area (Å²) in [6.45, 7) is 7.33. The second-order valence-corrected chi connectivity index (χ2v) is 14.0. The Morgan fingerprint density at radius 2 is 1.70 bits per heavy atom. The first-order valence-corrected chi connectivity index (χ1v) is 15.8. The van der Waals surface area contributed by atoms with Crippen LogP contribution in [0.25, 0.3) is 27.7 Å². The molecule has 230 valence electrons. The molecule has 2 aliphatic rings. The van der Waals surface area contributed by atoms with Gasteiger partial charge in [0.05, 0.1) is 23.7 Å². The molecule has 4 aromatic rings. The number of amides is 1. The van der Waals surface area contributed by atoms with Crippen LogP contribution in [0.1, 0.15) is 51.3 Å². The van der Waals surface area contributed by atoms with E-state index in [-0.39, 0.29) is 33.9 Å².